The highest BCUT2D eigenvalue weighted by atomic mass is 14.2. The molecule has 0 amide bonds. The van der Waals surface area contributed by atoms with Gasteiger partial charge >= 0.3 is 0 Å². The van der Waals surface area contributed by atoms with Crippen molar-refractivity contribution < 1.29 is 0 Å². The molecule has 0 aromatic heterocycles. The molecule has 0 bridgehead atoms. The van der Waals surface area contributed by atoms with Gasteiger partial charge in [-0.2, -0.15) is 0 Å². The second-order valence-corrected chi connectivity index (χ2v) is 15.0. The molecule has 55 heavy (non-hydrogen) atoms. The Kier molecular flexibility index (Phi) is 7.93. The number of fused-ring (bicyclic) bond motifs is 4. The van der Waals surface area contributed by atoms with Crippen LogP contribution in [0.5, 0.6) is 0 Å². The van der Waals surface area contributed by atoms with Crippen LogP contribution < -0.4 is 0 Å². The molecule has 0 fully saturated rings. The topological polar surface area (TPSA) is 0 Å². The summed E-state index contributed by atoms with van der Waals surface area (Å²) in [5, 5.41) is 9.97. The lowest BCUT2D eigenvalue weighted by Gasteiger charge is -2.22. The smallest absolute Gasteiger partial charge is 0.00197 e. The SMILES string of the molecule is Cc1cc(-c2cc3ccccc3cc2-c2c3ccc(-c4ccccc4)cc3c(-c3ccc4ccccc4c3)c3ccc(-c4ccccc4)cc23)cc(C)c1C. The van der Waals surface area contributed by atoms with Crippen molar-refractivity contribution in [3.63, 3.8) is 0 Å². The maximum Gasteiger partial charge on any atom is -0.00197 e. The Morgan fingerprint density at radius 2 is 0.709 bits per heavy atom. The average Bonchev–Trinajstić information content (AvgIpc) is 3.24. The largest absolute Gasteiger partial charge is 0.0622 e. The van der Waals surface area contributed by atoms with E-state index in [1.54, 1.807) is 0 Å². The van der Waals surface area contributed by atoms with Crippen LogP contribution in [0.3, 0.4) is 0 Å². The summed E-state index contributed by atoms with van der Waals surface area (Å²) in [5.41, 5.74) is 16.3. The quantitative estimate of drug-likeness (QED) is 0.157. The standard InChI is InChI=1S/C55H40/c1-35-28-47(29-36(2)37(35)3)50-31-42-20-12-13-21-43(42)32-53(50)55-49-27-25-44(38-14-6-4-7-15-38)33-51(49)54(46-23-22-40-18-10-11-19-41(40)30-46)48-26-24-45(34-52(48)55)39-16-8-5-9-17-39/h4-34H,1-3H3. The van der Waals surface area contributed by atoms with E-state index in [9.17, 15) is 0 Å². The van der Waals surface area contributed by atoms with Gasteiger partial charge in [0.25, 0.3) is 0 Å². The van der Waals surface area contributed by atoms with E-state index in [0.717, 1.165) is 0 Å². The third kappa shape index (κ3) is 5.70. The summed E-state index contributed by atoms with van der Waals surface area (Å²) in [6, 6.07) is 70.0. The number of aryl methyl sites for hydroxylation is 2. The van der Waals surface area contributed by atoms with Crippen LogP contribution >= 0.6 is 0 Å². The van der Waals surface area contributed by atoms with Crippen LogP contribution in [0.1, 0.15) is 16.7 Å². The van der Waals surface area contributed by atoms with Gasteiger partial charge in [-0.05, 0) is 167 Å². The first-order valence-electron chi connectivity index (χ1n) is 19.2. The molecular formula is C55H40. The van der Waals surface area contributed by atoms with Crippen molar-refractivity contribution >= 4 is 43.1 Å². The second-order valence-electron chi connectivity index (χ2n) is 15.0. The zero-order chi connectivity index (χ0) is 37.0. The predicted molar refractivity (Wildman–Crippen MR) is 238 cm³/mol. The number of hydrogen-bond donors (Lipinski definition) is 0. The second kappa shape index (κ2) is 13.3. The molecule has 10 rings (SSSR count). The van der Waals surface area contributed by atoms with Crippen molar-refractivity contribution in [2.75, 3.05) is 0 Å². The first-order chi connectivity index (χ1) is 27.0. The Morgan fingerprint density at radius 3 is 1.29 bits per heavy atom. The minimum Gasteiger partial charge on any atom is -0.0622 e. The van der Waals surface area contributed by atoms with Crippen LogP contribution in [0.25, 0.3) is 98.7 Å². The molecule has 0 saturated carbocycles. The Labute approximate surface area is 323 Å². The molecule has 0 N–H and O–H groups in total. The molecule has 0 heterocycles. The highest BCUT2D eigenvalue weighted by molar-refractivity contribution is 6.24. The van der Waals surface area contributed by atoms with E-state index in [1.165, 1.54) is 115 Å². The molecular weight excluding hydrogens is 661 g/mol. The first-order valence-corrected chi connectivity index (χ1v) is 19.2. The van der Waals surface area contributed by atoms with E-state index >= 15 is 0 Å². The average molecular weight is 701 g/mol. The molecule has 0 atom stereocenters. The summed E-state index contributed by atoms with van der Waals surface area (Å²) in [6.07, 6.45) is 0. The van der Waals surface area contributed by atoms with Crippen molar-refractivity contribution in [1.82, 2.24) is 0 Å². The van der Waals surface area contributed by atoms with Crippen LogP contribution in [0.4, 0.5) is 0 Å². The normalized spacial score (nSPS) is 11.5. The fourth-order valence-corrected chi connectivity index (χ4v) is 8.67. The van der Waals surface area contributed by atoms with Gasteiger partial charge in [0, 0.05) is 0 Å². The summed E-state index contributed by atoms with van der Waals surface area (Å²) in [4.78, 5) is 0. The van der Waals surface area contributed by atoms with Crippen molar-refractivity contribution in [3.8, 4) is 55.6 Å². The van der Waals surface area contributed by atoms with Crippen molar-refractivity contribution in [2.24, 2.45) is 0 Å². The Morgan fingerprint density at radius 1 is 0.255 bits per heavy atom. The lowest BCUT2D eigenvalue weighted by molar-refractivity contribution is 1.27. The van der Waals surface area contributed by atoms with Crippen molar-refractivity contribution in [1.29, 1.82) is 0 Å². The van der Waals surface area contributed by atoms with Crippen LogP contribution in [-0.4, -0.2) is 0 Å². The molecule has 0 spiro atoms. The predicted octanol–water partition coefficient (Wildman–Crippen LogP) is 15.6. The van der Waals surface area contributed by atoms with E-state index < -0.39 is 0 Å². The van der Waals surface area contributed by atoms with Gasteiger partial charge in [0.05, 0.1) is 0 Å². The van der Waals surface area contributed by atoms with E-state index in [2.05, 4.69) is 209 Å². The Hall–Kier alpha value is -6.76. The zero-order valence-corrected chi connectivity index (χ0v) is 31.4. The molecule has 0 aliphatic carbocycles. The Balaban J connectivity index is 1.40. The number of rotatable bonds is 5. The highest BCUT2D eigenvalue weighted by Gasteiger charge is 2.22. The lowest BCUT2D eigenvalue weighted by Crippen LogP contribution is -1.96. The monoisotopic (exact) mass is 700 g/mol. The molecule has 0 nitrogen and oxygen atoms in total. The van der Waals surface area contributed by atoms with Crippen LogP contribution in [0, 0.1) is 20.8 Å². The van der Waals surface area contributed by atoms with Gasteiger partial charge < -0.3 is 0 Å². The third-order valence-corrected chi connectivity index (χ3v) is 11.8. The van der Waals surface area contributed by atoms with Crippen molar-refractivity contribution in [3.05, 3.63) is 205 Å². The van der Waals surface area contributed by atoms with Gasteiger partial charge in [0.1, 0.15) is 0 Å². The summed E-state index contributed by atoms with van der Waals surface area (Å²) in [7, 11) is 0. The molecule has 0 aliphatic rings. The number of hydrogen-bond acceptors (Lipinski definition) is 0. The fraction of sp³-hybridized carbons (Fsp3) is 0.0545. The number of benzene rings is 10. The first kappa shape index (κ1) is 32.9. The molecule has 260 valence electrons. The maximum atomic E-state index is 2.44. The summed E-state index contributed by atoms with van der Waals surface area (Å²) < 4.78 is 0. The van der Waals surface area contributed by atoms with Gasteiger partial charge in [-0.15, -0.1) is 0 Å². The van der Waals surface area contributed by atoms with Crippen LogP contribution in [0.2, 0.25) is 0 Å². The van der Waals surface area contributed by atoms with Crippen molar-refractivity contribution in [2.45, 2.75) is 20.8 Å². The maximum absolute atomic E-state index is 2.44. The molecule has 0 radical (unpaired) electrons. The van der Waals surface area contributed by atoms with Gasteiger partial charge in [-0.25, -0.2) is 0 Å². The zero-order valence-electron chi connectivity index (χ0n) is 31.4. The summed E-state index contributed by atoms with van der Waals surface area (Å²) >= 11 is 0. The highest BCUT2D eigenvalue weighted by Crippen LogP contribution is 2.49. The van der Waals surface area contributed by atoms with E-state index in [0.29, 0.717) is 0 Å². The molecule has 10 aromatic rings. The summed E-state index contributed by atoms with van der Waals surface area (Å²) in [6.45, 7) is 6.72. The van der Waals surface area contributed by atoms with E-state index in [4.69, 9.17) is 0 Å². The van der Waals surface area contributed by atoms with E-state index in [1.807, 2.05) is 0 Å². The Bertz CT molecular complexity index is 3070. The molecule has 0 aliphatic heterocycles. The fourth-order valence-electron chi connectivity index (χ4n) is 8.67. The minimum atomic E-state index is 1.21. The van der Waals surface area contributed by atoms with Gasteiger partial charge in [0.15, 0.2) is 0 Å². The molecule has 0 heteroatoms. The molecule has 10 aromatic carbocycles. The lowest BCUT2D eigenvalue weighted by atomic mass is 9.81. The molecule has 0 unspecified atom stereocenters. The summed E-state index contributed by atoms with van der Waals surface area (Å²) in [5.74, 6) is 0. The van der Waals surface area contributed by atoms with Gasteiger partial charge in [-0.3, -0.25) is 0 Å². The van der Waals surface area contributed by atoms with Crippen LogP contribution in [0.15, 0.2) is 188 Å². The van der Waals surface area contributed by atoms with Gasteiger partial charge in [0.2, 0.25) is 0 Å². The minimum absolute atomic E-state index is 1.21. The van der Waals surface area contributed by atoms with Gasteiger partial charge in [-0.1, -0.05) is 158 Å². The third-order valence-electron chi connectivity index (χ3n) is 11.8. The van der Waals surface area contributed by atoms with E-state index in [-0.39, 0.29) is 0 Å². The van der Waals surface area contributed by atoms with Crippen LogP contribution in [-0.2, 0) is 0 Å². The molecule has 0 saturated heterocycles.